The van der Waals surface area contributed by atoms with E-state index in [1.807, 2.05) is 0 Å². The summed E-state index contributed by atoms with van der Waals surface area (Å²) in [6, 6.07) is 3.29. The molecule has 1 aliphatic heterocycles. The summed E-state index contributed by atoms with van der Waals surface area (Å²) >= 11 is 0. The van der Waals surface area contributed by atoms with Crippen molar-refractivity contribution >= 4 is 15.8 Å². The maximum atomic E-state index is 12.5. The first-order valence-electron chi connectivity index (χ1n) is 7.39. The second-order valence-corrected chi connectivity index (χ2v) is 7.27. The van der Waals surface area contributed by atoms with Crippen LogP contribution in [-0.2, 0) is 10.0 Å². The van der Waals surface area contributed by atoms with Crippen LogP contribution in [0.5, 0.6) is 0 Å². The van der Waals surface area contributed by atoms with E-state index in [9.17, 15) is 8.42 Å². The highest BCUT2D eigenvalue weighted by atomic mass is 32.2. The Hall–Kier alpha value is -1.18. The van der Waals surface area contributed by atoms with E-state index in [2.05, 4.69) is 17.2 Å². The number of hydrogen-bond donors (Lipinski definition) is 2. The molecule has 21 heavy (non-hydrogen) atoms. The molecule has 0 atom stereocenters. The number of nitrogens with zero attached hydrogens (tertiary/aromatic N) is 2. The molecule has 1 aliphatic rings. The monoisotopic (exact) mass is 313 g/mol. The first-order chi connectivity index (χ1) is 10.1. The number of aliphatic hydroxyl groups excluding tert-OH is 1. The van der Waals surface area contributed by atoms with Crippen LogP contribution in [0.4, 0.5) is 5.82 Å². The Morgan fingerprint density at radius 3 is 2.62 bits per heavy atom. The zero-order valence-corrected chi connectivity index (χ0v) is 13.1. The van der Waals surface area contributed by atoms with Gasteiger partial charge in [-0.3, -0.25) is 0 Å². The van der Waals surface area contributed by atoms with Gasteiger partial charge < -0.3 is 10.4 Å². The van der Waals surface area contributed by atoms with Crippen molar-refractivity contribution in [3.63, 3.8) is 0 Å². The van der Waals surface area contributed by atoms with Crippen LogP contribution in [0, 0.1) is 5.92 Å². The minimum absolute atomic E-state index is 0.132. The molecule has 0 spiro atoms. The smallest absolute Gasteiger partial charge is 0.244 e. The van der Waals surface area contributed by atoms with Crippen LogP contribution < -0.4 is 5.32 Å². The van der Waals surface area contributed by atoms with E-state index in [0.29, 0.717) is 31.7 Å². The normalized spacial score (nSPS) is 17.8. The van der Waals surface area contributed by atoms with Crippen molar-refractivity contribution in [2.75, 3.05) is 31.6 Å². The first-order valence-corrected chi connectivity index (χ1v) is 8.83. The number of sulfonamides is 1. The first kappa shape index (κ1) is 16.2. The fourth-order valence-corrected chi connectivity index (χ4v) is 3.79. The Kier molecular flexibility index (Phi) is 5.55. The van der Waals surface area contributed by atoms with Crippen LogP contribution in [0.2, 0.25) is 0 Å². The Balaban J connectivity index is 2.05. The van der Waals surface area contributed by atoms with Gasteiger partial charge in [-0.25, -0.2) is 13.4 Å². The van der Waals surface area contributed by atoms with E-state index in [1.54, 1.807) is 12.1 Å². The van der Waals surface area contributed by atoms with E-state index in [-0.39, 0.29) is 17.4 Å². The highest BCUT2D eigenvalue weighted by Crippen LogP contribution is 2.23. The molecular formula is C14H23N3O3S. The van der Waals surface area contributed by atoms with Gasteiger partial charge in [0.05, 0.1) is 0 Å². The lowest BCUT2D eigenvalue weighted by Gasteiger charge is -2.30. The molecule has 1 saturated heterocycles. The molecule has 2 heterocycles. The number of rotatable bonds is 6. The quantitative estimate of drug-likeness (QED) is 0.827. The average Bonchev–Trinajstić information content (AvgIpc) is 2.53. The Morgan fingerprint density at radius 2 is 2.10 bits per heavy atom. The molecule has 1 fully saturated rings. The van der Waals surface area contributed by atoms with Crippen molar-refractivity contribution in [3.8, 4) is 0 Å². The van der Waals surface area contributed by atoms with Gasteiger partial charge in [-0.2, -0.15) is 4.31 Å². The second-order valence-electron chi connectivity index (χ2n) is 5.34. The minimum Gasteiger partial charge on any atom is -0.396 e. The highest BCUT2D eigenvalue weighted by Gasteiger charge is 2.29. The molecule has 0 bridgehead atoms. The van der Waals surface area contributed by atoms with Crippen molar-refractivity contribution in [2.24, 2.45) is 5.92 Å². The molecule has 6 nitrogen and oxygen atoms in total. The van der Waals surface area contributed by atoms with Crippen LogP contribution in [0.1, 0.15) is 26.2 Å². The number of aromatic nitrogens is 1. The summed E-state index contributed by atoms with van der Waals surface area (Å²) < 4.78 is 26.5. The minimum atomic E-state index is -3.47. The second kappa shape index (κ2) is 7.20. The molecule has 0 radical (unpaired) electrons. The van der Waals surface area contributed by atoms with Gasteiger partial charge in [0.2, 0.25) is 10.0 Å². The zero-order valence-electron chi connectivity index (χ0n) is 12.3. The third-order valence-corrected chi connectivity index (χ3v) is 5.64. The van der Waals surface area contributed by atoms with Crippen LogP contribution in [0.15, 0.2) is 23.2 Å². The molecule has 1 aromatic heterocycles. The van der Waals surface area contributed by atoms with Crippen LogP contribution >= 0.6 is 0 Å². The molecule has 2 rings (SSSR count). The molecule has 0 saturated carbocycles. The predicted molar refractivity (Wildman–Crippen MR) is 81.6 cm³/mol. The van der Waals surface area contributed by atoms with Crippen molar-refractivity contribution in [3.05, 3.63) is 18.3 Å². The van der Waals surface area contributed by atoms with E-state index in [4.69, 9.17) is 5.11 Å². The maximum absolute atomic E-state index is 12.5. The molecule has 7 heteroatoms. The van der Waals surface area contributed by atoms with Gasteiger partial charge >= 0.3 is 0 Å². The average molecular weight is 313 g/mol. The number of aliphatic hydroxyl groups is 1. The van der Waals surface area contributed by atoms with Gasteiger partial charge in [-0.05, 0) is 37.3 Å². The van der Waals surface area contributed by atoms with Crippen molar-refractivity contribution in [1.29, 1.82) is 0 Å². The number of anilines is 1. The van der Waals surface area contributed by atoms with Crippen LogP contribution in [-0.4, -0.2) is 49.1 Å². The molecule has 0 amide bonds. The molecule has 1 aromatic rings. The summed E-state index contributed by atoms with van der Waals surface area (Å²) in [7, 11) is -3.47. The zero-order chi connectivity index (χ0) is 15.3. The van der Waals surface area contributed by atoms with Gasteiger partial charge in [0.25, 0.3) is 0 Å². The predicted octanol–water partition coefficient (Wildman–Crippen LogP) is 1.30. The molecule has 0 aliphatic carbocycles. The van der Waals surface area contributed by atoms with Gasteiger partial charge in [-0.15, -0.1) is 0 Å². The van der Waals surface area contributed by atoms with Crippen LogP contribution in [0.3, 0.4) is 0 Å². The van der Waals surface area contributed by atoms with Crippen LogP contribution in [0.25, 0.3) is 0 Å². The lowest BCUT2D eigenvalue weighted by Crippen LogP contribution is -2.39. The van der Waals surface area contributed by atoms with E-state index < -0.39 is 10.0 Å². The van der Waals surface area contributed by atoms with Gasteiger partial charge in [0.15, 0.2) is 0 Å². The summed E-state index contributed by atoms with van der Waals surface area (Å²) in [6.45, 7) is 3.93. The Morgan fingerprint density at radius 1 is 1.38 bits per heavy atom. The molecule has 2 N–H and O–H groups in total. The van der Waals surface area contributed by atoms with Gasteiger partial charge in [-0.1, -0.05) is 6.92 Å². The summed E-state index contributed by atoms with van der Waals surface area (Å²) in [5.74, 6) is 0.907. The van der Waals surface area contributed by atoms with Crippen molar-refractivity contribution in [2.45, 2.75) is 31.1 Å². The number of nitrogens with one attached hydrogen (secondary N) is 1. The maximum Gasteiger partial charge on any atom is 0.244 e. The van der Waals surface area contributed by atoms with E-state index in [0.717, 1.165) is 13.0 Å². The third-order valence-electron chi connectivity index (χ3n) is 3.76. The molecule has 0 unspecified atom stereocenters. The Bertz CT molecular complexity index is 537. The number of hydrogen-bond acceptors (Lipinski definition) is 5. The summed E-state index contributed by atoms with van der Waals surface area (Å²) in [5.41, 5.74) is 0. The Labute approximate surface area is 126 Å². The lowest BCUT2D eigenvalue weighted by atomic mass is 10.00. The molecule has 118 valence electrons. The summed E-state index contributed by atoms with van der Waals surface area (Å²) in [4.78, 5) is 4.38. The summed E-state index contributed by atoms with van der Waals surface area (Å²) in [5, 5.41) is 12.2. The molecular weight excluding hydrogens is 290 g/mol. The standard InChI is InChI=1S/C14H23N3O3S/c1-2-7-15-14-4-3-13(10-16-14)21(19,20)17-8-5-12(11-18)6-9-17/h3-4,10,12,18H,2,5-9,11H2,1H3,(H,15,16). The largest absolute Gasteiger partial charge is 0.396 e. The summed E-state index contributed by atoms with van der Waals surface area (Å²) in [6.07, 6.45) is 3.81. The van der Waals surface area contributed by atoms with Gasteiger partial charge in [0, 0.05) is 32.4 Å². The van der Waals surface area contributed by atoms with Gasteiger partial charge in [0.1, 0.15) is 10.7 Å². The number of pyridine rings is 1. The number of piperidine rings is 1. The van der Waals surface area contributed by atoms with E-state index in [1.165, 1.54) is 10.5 Å². The van der Waals surface area contributed by atoms with E-state index >= 15 is 0 Å². The van der Waals surface area contributed by atoms with Crippen molar-refractivity contribution < 1.29 is 13.5 Å². The van der Waals surface area contributed by atoms with Crippen molar-refractivity contribution in [1.82, 2.24) is 9.29 Å². The molecule has 0 aromatic carbocycles. The fraction of sp³-hybridized carbons (Fsp3) is 0.643. The third kappa shape index (κ3) is 3.93. The lowest BCUT2D eigenvalue weighted by molar-refractivity contribution is 0.170. The topological polar surface area (TPSA) is 82.5 Å². The highest BCUT2D eigenvalue weighted by molar-refractivity contribution is 7.89. The SMILES string of the molecule is CCCNc1ccc(S(=O)(=O)N2CCC(CO)CC2)cn1. The fourth-order valence-electron chi connectivity index (χ4n) is 2.37.